The third kappa shape index (κ3) is 3.07. The SMILES string of the molecule is CC(C)CN1CCN(C(=O)c2ccn3nnnc3c2)[C@@H]2CS(=O)(=O)C[C@@H]21. The van der Waals surface area contributed by atoms with E-state index in [1.165, 1.54) is 4.52 Å². The van der Waals surface area contributed by atoms with E-state index in [4.69, 9.17) is 0 Å². The number of hydrogen-bond acceptors (Lipinski definition) is 7. The highest BCUT2D eigenvalue weighted by atomic mass is 32.2. The summed E-state index contributed by atoms with van der Waals surface area (Å²) in [4.78, 5) is 17.0. The fourth-order valence-corrected chi connectivity index (χ4v) is 6.02. The summed E-state index contributed by atoms with van der Waals surface area (Å²) in [7, 11) is -3.14. The molecule has 2 fully saturated rings. The van der Waals surface area contributed by atoms with E-state index in [9.17, 15) is 13.2 Å². The number of carbonyl (C=O) groups excluding carboxylic acids is 1. The number of hydrogen-bond donors (Lipinski definition) is 0. The van der Waals surface area contributed by atoms with E-state index >= 15 is 0 Å². The number of carbonyl (C=O) groups is 1. The molecule has 2 aliphatic rings. The van der Waals surface area contributed by atoms with Gasteiger partial charge in [0, 0.05) is 37.4 Å². The van der Waals surface area contributed by atoms with Gasteiger partial charge in [-0.15, -0.1) is 5.10 Å². The second kappa shape index (κ2) is 6.27. The highest BCUT2D eigenvalue weighted by molar-refractivity contribution is 7.91. The minimum Gasteiger partial charge on any atom is -0.332 e. The van der Waals surface area contributed by atoms with Crippen molar-refractivity contribution in [1.29, 1.82) is 0 Å². The lowest BCUT2D eigenvalue weighted by molar-refractivity contribution is 0.0297. The Bertz CT molecular complexity index is 940. The Hall–Kier alpha value is -2.07. The Kier molecular flexibility index (Phi) is 4.19. The largest absolute Gasteiger partial charge is 0.332 e. The van der Waals surface area contributed by atoms with Gasteiger partial charge in [-0.3, -0.25) is 9.69 Å². The second-order valence-corrected chi connectivity index (χ2v) is 9.65. The van der Waals surface area contributed by atoms with Crippen LogP contribution in [0.15, 0.2) is 18.3 Å². The molecule has 4 rings (SSSR count). The van der Waals surface area contributed by atoms with Crippen molar-refractivity contribution in [2.24, 2.45) is 5.92 Å². The first kappa shape index (κ1) is 17.3. The van der Waals surface area contributed by atoms with Crippen LogP contribution >= 0.6 is 0 Å². The minimum atomic E-state index is -3.14. The maximum absolute atomic E-state index is 13.1. The Labute approximate surface area is 151 Å². The van der Waals surface area contributed by atoms with Gasteiger partial charge in [-0.1, -0.05) is 13.8 Å². The highest BCUT2D eigenvalue weighted by Crippen LogP contribution is 2.28. The van der Waals surface area contributed by atoms with E-state index in [-0.39, 0.29) is 29.5 Å². The van der Waals surface area contributed by atoms with Gasteiger partial charge in [0.1, 0.15) is 0 Å². The van der Waals surface area contributed by atoms with Gasteiger partial charge in [-0.2, -0.15) is 0 Å². The molecule has 0 N–H and O–H groups in total. The van der Waals surface area contributed by atoms with E-state index in [2.05, 4.69) is 34.3 Å². The number of aromatic nitrogens is 4. The summed E-state index contributed by atoms with van der Waals surface area (Å²) in [5.41, 5.74) is 0.970. The van der Waals surface area contributed by atoms with Crippen molar-refractivity contribution < 1.29 is 13.2 Å². The van der Waals surface area contributed by atoms with Crippen molar-refractivity contribution in [3.05, 3.63) is 23.9 Å². The molecule has 0 unspecified atom stereocenters. The van der Waals surface area contributed by atoms with Crippen LogP contribution in [0.4, 0.5) is 0 Å². The summed E-state index contributed by atoms with van der Waals surface area (Å²) in [6.07, 6.45) is 1.64. The van der Waals surface area contributed by atoms with Crippen LogP contribution in [0.25, 0.3) is 5.65 Å². The smallest absolute Gasteiger partial charge is 0.254 e. The summed E-state index contributed by atoms with van der Waals surface area (Å²) >= 11 is 0. The molecule has 0 aromatic carbocycles. The lowest BCUT2D eigenvalue weighted by atomic mass is 10.0. The molecule has 0 saturated carbocycles. The number of amides is 1. The van der Waals surface area contributed by atoms with E-state index in [1.807, 2.05) is 0 Å². The number of nitrogens with zero attached hydrogens (tertiary/aromatic N) is 6. The molecule has 0 spiro atoms. The summed E-state index contributed by atoms with van der Waals surface area (Å²) in [5, 5.41) is 11.2. The lowest BCUT2D eigenvalue weighted by Crippen LogP contribution is -2.61. The van der Waals surface area contributed by atoms with Crippen LogP contribution in [0.5, 0.6) is 0 Å². The van der Waals surface area contributed by atoms with Crippen LogP contribution in [0.2, 0.25) is 0 Å². The van der Waals surface area contributed by atoms with Gasteiger partial charge in [0.15, 0.2) is 15.5 Å². The van der Waals surface area contributed by atoms with Crippen LogP contribution in [-0.4, -0.2) is 87.4 Å². The van der Waals surface area contributed by atoms with Crippen molar-refractivity contribution in [3.63, 3.8) is 0 Å². The fourth-order valence-electron chi connectivity index (χ4n) is 4.01. The zero-order valence-corrected chi connectivity index (χ0v) is 15.6. The number of pyridine rings is 1. The summed E-state index contributed by atoms with van der Waals surface area (Å²) in [6.45, 7) is 6.30. The number of tetrazole rings is 1. The number of sulfone groups is 1. The van der Waals surface area contributed by atoms with Gasteiger partial charge >= 0.3 is 0 Å². The molecule has 0 bridgehead atoms. The van der Waals surface area contributed by atoms with Crippen LogP contribution in [0, 0.1) is 5.92 Å². The van der Waals surface area contributed by atoms with Crippen molar-refractivity contribution in [2.45, 2.75) is 25.9 Å². The van der Waals surface area contributed by atoms with E-state index in [1.54, 1.807) is 23.2 Å². The zero-order valence-electron chi connectivity index (χ0n) is 14.8. The maximum atomic E-state index is 13.1. The van der Waals surface area contributed by atoms with Crippen molar-refractivity contribution >= 4 is 21.4 Å². The summed E-state index contributed by atoms with van der Waals surface area (Å²) in [5.74, 6) is 0.449. The normalized spacial score (nSPS) is 25.7. The summed E-state index contributed by atoms with van der Waals surface area (Å²) in [6, 6.07) is 2.89. The average Bonchev–Trinajstić information content (AvgIpc) is 3.16. The Morgan fingerprint density at radius 2 is 2.04 bits per heavy atom. The third-order valence-electron chi connectivity index (χ3n) is 5.10. The highest BCUT2D eigenvalue weighted by Gasteiger charge is 2.48. The summed E-state index contributed by atoms with van der Waals surface area (Å²) < 4.78 is 26.0. The van der Waals surface area contributed by atoms with Gasteiger partial charge in [0.25, 0.3) is 5.91 Å². The van der Waals surface area contributed by atoms with Crippen LogP contribution in [0.3, 0.4) is 0 Å². The molecule has 0 aliphatic carbocycles. The topological polar surface area (TPSA) is 101 Å². The van der Waals surface area contributed by atoms with Gasteiger partial charge in [-0.25, -0.2) is 12.9 Å². The first-order chi connectivity index (χ1) is 12.3. The van der Waals surface area contributed by atoms with Crippen LogP contribution in [0.1, 0.15) is 24.2 Å². The molecule has 2 atom stereocenters. The molecule has 0 radical (unpaired) electrons. The van der Waals surface area contributed by atoms with E-state index < -0.39 is 9.84 Å². The molecule has 10 heteroatoms. The molecular formula is C16H22N6O3S. The third-order valence-corrected chi connectivity index (χ3v) is 6.80. The Morgan fingerprint density at radius 3 is 2.81 bits per heavy atom. The predicted molar refractivity (Wildman–Crippen MR) is 94.5 cm³/mol. The minimum absolute atomic E-state index is 0.0345. The predicted octanol–water partition coefficient (Wildman–Crippen LogP) is -0.296. The molecule has 9 nitrogen and oxygen atoms in total. The average molecular weight is 378 g/mol. The molecule has 2 aromatic heterocycles. The number of rotatable bonds is 3. The number of piperazine rings is 1. The molecule has 4 heterocycles. The first-order valence-electron chi connectivity index (χ1n) is 8.77. The van der Waals surface area contributed by atoms with E-state index in [0.29, 0.717) is 30.2 Å². The standard InChI is InChI=1S/C16H22N6O3S/c1-11(2)8-20-5-6-21(14-10-26(24,25)9-13(14)20)16(23)12-3-4-22-15(7-12)17-18-19-22/h3-4,7,11,13-14H,5-6,8-10H2,1-2H3/t13-,14+/m0/s1. The molecule has 26 heavy (non-hydrogen) atoms. The molecule has 2 saturated heterocycles. The monoisotopic (exact) mass is 378 g/mol. The van der Waals surface area contributed by atoms with Gasteiger partial charge in [0.2, 0.25) is 0 Å². The van der Waals surface area contributed by atoms with Gasteiger partial charge in [-0.05, 0) is 28.5 Å². The maximum Gasteiger partial charge on any atom is 0.254 e. The Morgan fingerprint density at radius 1 is 1.27 bits per heavy atom. The van der Waals surface area contributed by atoms with Gasteiger partial charge < -0.3 is 4.90 Å². The molecule has 140 valence electrons. The lowest BCUT2D eigenvalue weighted by Gasteiger charge is -2.44. The van der Waals surface area contributed by atoms with Crippen molar-refractivity contribution in [3.8, 4) is 0 Å². The zero-order chi connectivity index (χ0) is 18.5. The van der Waals surface area contributed by atoms with Crippen LogP contribution in [-0.2, 0) is 9.84 Å². The molecule has 2 aliphatic heterocycles. The first-order valence-corrected chi connectivity index (χ1v) is 10.6. The molecular weight excluding hydrogens is 356 g/mol. The van der Waals surface area contributed by atoms with Crippen molar-refractivity contribution in [1.82, 2.24) is 29.8 Å². The Balaban J connectivity index is 1.62. The molecule has 1 amide bonds. The number of fused-ring (bicyclic) bond motifs is 2. The van der Waals surface area contributed by atoms with Gasteiger partial charge in [0.05, 0.1) is 17.5 Å². The second-order valence-electron chi connectivity index (χ2n) is 7.50. The fraction of sp³-hybridized carbons (Fsp3) is 0.625. The van der Waals surface area contributed by atoms with Crippen LogP contribution < -0.4 is 0 Å². The quantitative estimate of drug-likeness (QED) is 0.723. The molecule has 2 aromatic rings. The van der Waals surface area contributed by atoms with E-state index in [0.717, 1.165) is 6.54 Å². The van der Waals surface area contributed by atoms with Crippen molar-refractivity contribution in [2.75, 3.05) is 31.1 Å².